The standard InChI is InChI=1S/C10H7NO4.3C6H5.Sn/c12-8(13)5-11-9(14)6-3-1-2-4-7(6)10(11)15;3*1-2-4-6-5-3-1;/h1-4H,5H2,(H,12,13);3*1-5H;/q;;;;+1/p-1. The van der Waals surface area contributed by atoms with Crippen LogP contribution in [-0.4, -0.2) is 48.0 Å². The van der Waals surface area contributed by atoms with Crippen LogP contribution in [0.5, 0.6) is 0 Å². The molecule has 0 aromatic heterocycles. The summed E-state index contributed by atoms with van der Waals surface area (Å²) < 4.78 is 9.37. The van der Waals surface area contributed by atoms with Crippen LogP contribution < -0.4 is 10.7 Å². The van der Waals surface area contributed by atoms with Gasteiger partial charge in [-0.25, -0.2) is 0 Å². The van der Waals surface area contributed by atoms with E-state index in [-0.39, 0.29) is 0 Å². The van der Waals surface area contributed by atoms with E-state index in [1.807, 2.05) is 91.0 Å². The van der Waals surface area contributed by atoms with Gasteiger partial charge in [-0.1, -0.05) is 0 Å². The van der Waals surface area contributed by atoms with E-state index in [1.54, 1.807) is 24.3 Å². The maximum absolute atomic E-state index is 13.5. The van der Waals surface area contributed by atoms with Crippen molar-refractivity contribution in [3.8, 4) is 0 Å². The Morgan fingerprint density at radius 2 is 0.941 bits per heavy atom. The van der Waals surface area contributed by atoms with Crippen molar-refractivity contribution in [1.82, 2.24) is 4.90 Å². The molecule has 0 N–H and O–H groups in total. The molecule has 5 rings (SSSR count). The van der Waals surface area contributed by atoms with Crippen LogP contribution in [0.4, 0.5) is 0 Å². The zero-order valence-electron chi connectivity index (χ0n) is 18.3. The zero-order valence-corrected chi connectivity index (χ0v) is 21.1. The molecule has 34 heavy (non-hydrogen) atoms. The van der Waals surface area contributed by atoms with Crippen molar-refractivity contribution in [2.45, 2.75) is 0 Å². The first-order valence-corrected chi connectivity index (χ1v) is 16.4. The van der Waals surface area contributed by atoms with Gasteiger partial charge in [-0.2, -0.15) is 0 Å². The SMILES string of the molecule is O=C(CN1C(=O)c2ccccc2C1=O)[O][Sn]([c]1ccccc1)([c]1ccccc1)[c]1ccccc1. The molecule has 1 aliphatic heterocycles. The molecule has 5 nitrogen and oxygen atoms in total. The van der Waals surface area contributed by atoms with Gasteiger partial charge < -0.3 is 0 Å². The number of hydrogen-bond acceptors (Lipinski definition) is 4. The van der Waals surface area contributed by atoms with Crippen LogP contribution in [0.1, 0.15) is 20.7 Å². The molecule has 0 spiro atoms. The molecule has 1 heterocycles. The zero-order chi connectivity index (χ0) is 23.5. The number of rotatable bonds is 6. The molecule has 0 saturated heterocycles. The van der Waals surface area contributed by atoms with Crippen LogP contribution in [0, 0.1) is 0 Å². The number of hydrogen-bond donors (Lipinski definition) is 0. The molecular formula is C28H21NO4Sn. The normalized spacial score (nSPS) is 13.0. The van der Waals surface area contributed by atoms with Crippen molar-refractivity contribution in [3.63, 3.8) is 0 Å². The molecule has 166 valence electrons. The third-order valence-corrected chi connectivity index (χ3v) is 17.3. The van der Waals surface area contributed by atoms with E-state index in [0.29, 0.717) is 11.1 Å². The minimum absolute atomic E-state index is 0.309. The van der Waals surface area contributed by atoms with E-state index >= 15 is 0 Å². The van der Waals surface area contributed by atoms with Gasteiger partial charge in [-0.15, -0.1) is 0 Å². The second-order valence-corrected chi connectivity index (χ2v) is 17.4. The summed E-state index contributed by atoms with van der Waals surface area (Å²) in [6.07, 6.45) is 0. The first-order chi connectivity index (χ1) is 16.6. The topological polar surface area (TPSA) is 63.7 Å². The molecule has 6 heteroatoms. The number of carbonyl (C=O) groups is 3. The Morgan fingerprint density at radius 1 is 0.588 bits per heavy atom. The molecule has 0 aliphatic carbocycles. The summed E-state index contributed by atoms with van der Waals surface area (Å²) in [5.41, 5.74) is 0.619. The maximum atomic E-state index is 13.5. The fourth-order valence-corrected chi connectivity index (χ4v) is 15.1. The minimum atomic E-state index is -4.31. The second kappa shape index (κ2) is 9.27. The Bertz CT molecular complexity index is 1230. The van der Waals surface area contributed by atoms with Crippen molar-refractivity contribution in [1.29, 1.82) is 0 Å². The van der Waals surface area contributed by atoms with E-state index in [4.69, 9.17) is 3.07 Å². The van der Waals surface area contributed by atoms with Crippen molar-refractivity contribution < 1.29 is 17.5 Å². The molecule has 0 bridgehead atoms. The van der Waals surface area contributed by atoms with E-state index < -0.39 is 43.1 Å². The Balaban J connectivity index is 1.56. The summed E-state index contributed by atoms with van der Waals surface area (Å²) in [6.45, 7) is -0.433. The molecule has 1 aliphatic rings. The fraction of sp³-hybridized carbons (Fsp3) is 0.0357. The number of carbonyl (C=O) groups excluding carboxylic acids is 3. The average molecular weight is 554 g/mol. The first kappa shape index (κ1) is 22.1. The average Bonchev–Trinajstić information content (AvgIpc) is 3.14. The van der Waals surface area contributed by atoms with Crippen molar-refractivity contribution in [3.05, 3.63) is 126 Å². The van der Waals surface area contributed by atoms with Crippen molar-refractivity contribution in [2.75, 3.05) is 6.54 Å². The third-order valence-electron chi connectivity index (χ3n) is 5.97. The monoisotopic (exact) mass is 555 g/mol. The number of imide groups is 1. The van der Waals surface area contributed by atoms with E-state index in [9.17, 15) is 14.4 Å². The van der Waals surface area contributed by atoms with Gasteiger partial charge >= 0.3 is 203 Å². The summed E-state index contributed by atoms with van der Waals surface area (Å²) >= 11 is -4.31. The van der Waals surface area contributed by atoms with Crippen LogP contribution in [0.15, 0.2) is 115 Å². The molecule has 0 unspecified atom stereocenters. The summed E-state index contributed by atoms with van der Waals surface area (Å²) in [7, 11) is 0. The van der Waals surface area contributed by atoms with Gasteiger partial charge in [-0.3, -0.25) is 0 Å². The molecule has 0 saturated carbocycles. The van der Waals surface area contributed by atoms with Gasteiger partial charge in [0.15, 0.2) is 0 Å². The van der Waals surface area contributed by atoms with E-state index in [0.717, 1.165) is 15.6 Å². The molecule has 0 atom stereocenters. The van der Waals surface area contributed by atoms with Gasteiger partial charge in [0.2, 0.25) is 0 Å². The summed E-state index contributed by atoms with van der Waals surface area (Å²) in [4.78, 5) is 40.1. The van der Waals surface area contributed by atoms with Crippen LogP contribution in [-0.2, 0) is 7.87 Å². The Morgan fingerprint density at radius 3 is 1.32 bits per heavy atom. The molecule has 4 aromatic carbocycles. The number of benzene rings is 4. The Kier molecular flexibility index (Phi) is 6.02. The van der Waals surface area contributed by atoms with Gasteiger partial charge in [0.25, 0.3) is 0 Å². The molecular weight excluding hydrogens is 533 g/mol. The number of amides is 2. The van der Waals surface area contributed by atoms with Gasteiger partial charge in [0.05, 0.1) is 0 Å². The third kappa shape index (κ3) is 3.82. The first-order valence-electron chi connectivity index (χ1n) is 10.9. The summed E-state index contributed by atoms with van der Waals surface area (Å²) in [5, 5.41) is 0. The quantitative estimate of drug-likeness (QED) is 0.272. The predicted octanol–water partition coefficient (Wildman–Crippen LogP) is 2.49. The Labute approximate surface area is 202 Å². The molecule has 2 amide bonds. The predicted molar refractivity (Wildman–Crippen MR) is 132 cm³/mol. The van der Waals surface area contributed by atoms with Crippen LogP contribution in [0.25, 0.3) is 0 Å². The van der Waals surface area contributed by atoms with E-state index in [2.05, 4.69) is 0 Å². The van der Waals surface area contributed by atoms with Crippen molar-refractivity contribution >= 4 is 47.3 Å². The summed E-state index contributed by atoms with van der Waals surface area (Å²) in [6, 6.07) is 35.9. The van der Waals surface area contributed by atoms with Crippen LogP contribution in [0.2, 0.25) is 0 Å². The van der Waals surface area contributed by atoms with Crippen molar-refractivity contribution in [2.24, 2.45) is 0 Å². The molecule has 0 radical (unpaired) electrons. The molecule has 0 fully saturated rings. The second-order valence-electron chi connectivity index (χ2n) is 8.00. The Hall–Kier alpha value is -3.71. The molecule has 4 aromatic rings. The number of fused-ring (bicyclic) bond motifs is 1. The van der Waals surface area contributed by atoms with Gasteiger partial charge in [-0.05, 0) is 0 Å². The van der Waals surface area contributed by atoms with E-state index in [1.165, 1.54) is 0 Å². The fourth-order valence-electron chi connectivity index (χ4n) is 4.41. The summed E-state index contributed by atoms with van der Waals surface area (Å²) in [5.74, 6) is -1.54. The van der Waals surface area contributed by atoms with Crippen LogP contribution >= 0.6 is 0 Å². The number of nitrogens with zero attached hydrogens (tertiary/aromatic N) is 1. The van der Waals surface area contributed by atoms with Crippen LogP contribution in [0.3, 0.4) is 0 Å². The van der Waals surface area contributed by atoms with Gasteiger partial charge in [0, 0.05) is 0 Å². The van der Waals surface area contributed by atoms with Gasteiger partial charge in [0.1, 0.15) is 0 Å².